The summed E-state index contributed by atoms with van der Waals surface area (Å²) in [6.07, 6.45) is 10.4. The van der Waals surface area contributed by atoms with Gasteiger partial charge in [0.2, 0.25) is 5.91 Å². The first-order valence-corrected chi connectivity index (χ1v) is 17.8. The SMILES string of the molecule is CBr.CCCCCCCC.CCN(CC)CCCNC(=O)CCc1cc(-n2nc3ccccc3n2)c(O)c(C(C)(C)C)c1. The maximum atomic E-state index is 12.4. The average Bonchev–Trinajstić information content (AvgIpc) is 3.44. The maximum Gasteiger partial charge on any atom is 0.220 e. The minimum Gasteiger partial charge on any atom is -0.505 e. The molecule has 0 atom stereocenters. The van der Waals surface area contributed by atoms with Crippen LogP contribution in [0.25, 0.3) is 16.7 Å². The number of phenols is 1. The van der Waals surface area contributed by atoms with Gasteiger partial charge in [0.15, 0.2) is 0 Å². The van der Waals surface area contributed by atoms with Gasteiger partial charge in [-0.1, -0.05) is 121 Å². The molecule has 1 heterocycles. The molecule has 1 amide bonds. The number of aromatic hydroxyl groups is 1. The molecule has 3 rings (SSSR count). The van der Waals surface area contributed by atoms with Crippen molar-refractivity contribution in [2.45, 2.75) is 112 Å². The van der Waals surface area contributed by atoms with Crippen molar-refractivity contribution in [2.75, 3.05) is 32.0 Å². The second-order valence-corrected chi connectivity index (χ2v) is 11.9. The van der Waals surface area contributed by atoms with E-state index in [0.29, 0.717) is 25.1 Å². The smallest absolute Gasteiger partial charge is 0.220 e. The quantitative estimate of drug-likeness (QED) is 0.126. The van der Waals surface area contributed by atoms with Gasteiger partial charge in [0, 0.05) is 18.5 Å². The van der Waals surface area contributed by atoms with Gasteiger partial charge >= 0.3 is 0 Å². The number of hydrogen-bond donors (Lipinski definition) is 2. The van der Waals surface area contributed by atoms with Gasteiger partial charge in [-0.25, -0.2) is 0 Å². The topological polar surface area (TPSA) is 83.3 Å². The van der Waals surface area contributed by atoms with Crippen LogP contribution in [-0.4, -0.2) is 62.9 Å². The van der Waals surface area contributed by atoms with E-state index >= 15 is 0 Å². The Balaban J connectivity index is 0.000000801. The van der Waals surface area contributed by atoms with Crippen molar-refractivity contribution >= 4 is 32.9 Å². The number of benzene rings is 2. The van der Waals surface area contributed by atoms with Crippen molar-refractivity contribution in [3.8, 4) is 11.4 Å². The van der Waals surface area contributed by atoms with E-state index in [9.17, 15) is 9.90 Å². The molecule has 3 aromatic rings. The van der Waals surface area contributed by atoms with E-state index in [0.717, 1.165) is 48.2 Å². The fourth-order valence-electron chi connectivity index (χ4n) is 4.78. The number of carbonyl (C=O) groups is 1. The minimum absolute atomic E-state index is 0.0458. The number of nitrogens with zero attached hydrogens (tertiary/aromatic N) is 4. The summed E-state index contributed by atoms with van der Waals surface area (Å²) in [4.78, 5) is 16.3. The molecule has 0 saturated heterocycles. The summed E-state index contributed by atoms with van der Waals surface area (Å²) in [5, 5.41) is 23.2. The van der Waals surface area contributed by atoms with Crippen LogP contribution in [0.1, 0.15) is 111 Å². The number of fused-ring (bicyclic) bond motifs is 1. The molecule has 242 valence electrons. The van der Waals surface area contributed by atoms with Gasteiger partial charge in [0.05, 0.1) is 0 Å². The van der Waals surface area contributed by atoms with Crippen LogP contribution in [0.2, 0.25) is 0 Å². The molecule has 0 saturated carbocycles. The third-order valence-electron chi connectivity index (χ3n) is 7.43. The van der Waals surface area contributed by atoms with Crippen molar-refractivity contribution < 1.29 is 9.90 Å². The summed E-state index contributed by atoms with van der Waals surface area (Å²) in [5.74, 6) is 2.03. The number of aromatic nitrogens is 3. The Labute approximate surface area is 270 Å². The largest absolute Gasteiger partial charge is 0.505 e. The van der Waals surface area contributed by atoms with Crippen molar-refractivity contribution in [3.05, 3.63) is 47.5 Å². The lowest BCUT2D eigenvalue weighted by Gasteiger charge is -2.23. The molecular weight excluding hydrogens is 602 g/mol. The van der Waals surface area contributed by atoms with Gasteiger partial charge < -0.3 is 15.3 Å². The molecule has 0 fully saturated rings. The van der Waals surface area contributed by atoms with Crippen molar-refractivity contribution in [3.63, 3.8) is 0 Å². The summed E-state index contributed by atoms with van der Waals surface area (Å²) in [5.41, 5.74) is 3.60. The first-order chi connectivity index (χ1) is 20.6. The molecule has 7 nitrogen and oxygen atoms in total. The van der Waals surface area contributed by atoms with E-state index in [4.69, 9.17) is 0 Å². The molecule has 0 unspecified atom stereocenters. The second kappa shape index (κ2) is 21.3. The van der Waals surface area contributed by atoms with Crippen LogP contribution in [0.4, 0.5) is 0 Å². The number of unbranched alkanes of at least 4 members (excludes halogenated alkanes) is 5. The van der Waals surface area contributed by atoms with Crippen LogP contribution in [0.5, 0.6) is 5.75 Å². The predicted octanol–water partition coefficient (Wildman–Crippen LogP) is 8.58. The van der Waals surface area contributed by atoms with Crippen LogP contribution in [0, 0.1) is 0 Å². The number of aryl methyl sites for hydroxylation is 1. The number of amides is 1. The minimum atomic E-state index is -0.270. The number of carbonyl (C=O) groups excluding carboxylic acids is 1. The summed E-state index contributed by atoms with van der Waals surface area (Å²) < 4.78 is 0. The Hall–Kier alpha value is -2.45. The fraction of sp³-hybridized carbons (Fsp3) is 0.629. The first-order valence-electron chi connectivity index (χ1n) is 16.2. The highest BCUT2D eigenvalue weighted by Crippen LogP contribution is 2.36. The van der Waals surface area contributed by atoms with Gasteiger partial charge in [0.25, 0.3) is 0 Å². The summed E-state index contributed by atoms with van der Waals surface area (Å²) in [7, 11) is 0. The molecule has 43 heavy (non-hydrogen) atoms. The highest BCUT2D eigenvalue weighted by molar-refractivity contribution is 9.08. The molecule has 0 spiro atoms. The Bertz CT molecular complexity index is 1150. The molecule has 0 radical (unpaired) electrons. The second-order valence-electron chi connectivity index (χ2n) is 11.9. The van der Waals surface area contributed by atoms with E-state index in [-0.39, 0.29) is 17.1 Å². The van der Waals surface area contributed by atoms with E-state index < -0.39 is 0 Å². The fourth-order valence-corrected chi connectivity index (χ4v) is 4.78. The molecule has 0 bridgehead atoms. The molecule has 2 N–H and O–H groups in total. The van der Waals surface area contributed by atoms with Gasteiger partial charge in [-0.15, -0.1) is 15.0 Å². The normalized spacial score (nSPS) is 11.1. The van der Waals surface area contributed by atoms with Gasteiger partial charge in [-0.05, 0) is 67.5 Å². The number of nitrogens with one attached hydrogen (secondary N) is 1. The summed E-state index contributed by atoms with van der Waals surface area (Å²) >= 11 is 2.94. The molecule has 1 aromatic heterocycles. The molecular formula is C35H58BrN5O2. The highest BCUT2D eigenvalue weighted by Gasteiger charge is 2.23. The van der Waals surface area contributed by atoms with Crippen molar-refractivity contribution in [1.82, 2.24) is 25.2 Å². The van der Waals surface area contributed by atoms with E-state index in [1.54, 1.807) is 0 Å². The van der Waals surface area contributed by atoms with Crippen molar-refractivity contribution in [1.29, 1.82) is 0 Å². The van der Waals surface area contributed by atoms with Crippen LogP contribution >= 0.6 is 15.9 Å². The molecule has 0 aliphatic heterocycles. The zero-order chi connectivity index (χ0) is 32.3. The lowest BCUT2D eigenvalue weighted by atomic mass is 9.84. The Morgan fingerprint density at radius 3 is 1.95 bits per heavy atom. The van der Waals surface area contributed by atoms with Crippen LogP contribution in [-0.2, 0) is 16.6 Å². The van der Waals surface area contributed by atoms with E-state index in [1.165, 1.54) is 43.3 Å². The number of hydrogen-bond acceptors (Lipinski definition) is 5. The predicted molar refractivity (Wildman–Crippen MR) is 187 cm³/mol. The molecule has 0 aliphatic carbocycles. The number of alkyl halides is 1. The summed E-state index contributed by atoms with van der Waals surface area (Å²) in [6, 6.07) is 11.5. The molecule has 0 aliphatic rings. The number of phenolic OH excluding ortho intramolecular Hbond substituents is 1. The van der Waals surface area contributed by atoms with Crippen LogP contribution in [0.15, 0.2) is 36.4 Å². The lowest BCUT2D eigenvalue weighted by Crippen LogP contribution is -2.30. The van der Waals surface area contributed by atoms with Crippen LogP contribution < -0.4 is 5.32 Å². The van der Waals surface area contributed by atoms with Gasteiger partial charge in [0.1, 0.15) is 22.5 Å². The van der Waals surface area contributed by atoms with Crippen LogP contribution in [0.3, 0.4) is 0 Å². The zero-order valence-electron chi connectivity index (χ0n) is 28.2. The van der Waals surface area contributed by atoms with E-state index in [2.05, 4.69) is 84.8 Å². The van der Waals surface area contributed by atoms with E-state index in [1.807, 2.05) is 42.2 Å². The third kappa shape index (κ3) is 13.8. The molecule has 8 heteroatoms. The summed E-state index contributed by atoms with van der Waals surface area (Å²) in [6.45, 7) is 18.7. The van der Waals surface area contributed by atoms with Gasteiger partial charge in [-0.2, -0.15) is 0 Å². The Morgan fingerprint density at radius 2 is 1.47 bits per heavy atom. The monoisotopic (exact) mass is 659 g/mol. The zero-order valence-corrected chi connectivity index (χ0v) is 29.8. The maximum absolute atomic E-state index is 12.4. The Kier molecular flexibility index (Phi) is 19.1. The lowest BCUT2D eigenvalue weighted by molar-refractivity contribution is -0.121. The third-order valence-corrected chi connectivity index (χ3v) is 7.43. The Morgan fingerprint density at radius 1 is 0.907 bits per heavy atom. The first kappa shape index (κ1) is 38.6. The average molecular weight is 661 g/mol. The number of halogens is 1. The van der Waals surface area contributed by atoms with Crippen molar-refractivity contribution in [2.24, 2.45) is 0 Å². The number of rotatable bonds is 15. The molecule has 2 aromatic carbocycles. The highest BCUT2D eigenvalue weighted by atomic mass is 79.9. The van der Waals surface area contributed by atoms with Gasteiger partial charge in [-0.3, -0.25) is 4.79 Å². The standard InChI is InChI=1S/C26H37N5O2.C8H18.CH3Br/c1-6-30(7-2)16-10-15-27-24(32)14-13-19-17-20(26(3,4)5)25(33)23(18-19)31-28-21-11-8-9-12-22(21)29-31;1-3-5-7-8-6-4-2;1-2/h8-9,11-12,17-18,33H,6-7,10,13-16H2,1-5H3,(H,27,32);3-8H2,1-2H3;1H3.